The smallest absolute Gasteiger partial charge is 0.327 e. The van der Waals surface area contributed by atoms with Gasteiger partial charge in [-0.3, -0.25) is 9.10 Å². The number of nitrogens with zero attached hydrogens (tertiary/aromatic N) is 1. The molecule has 134 valence electrons. The summed E-state index contributed by atoms with van der Waals surface area (Å²) in [7, 11) is -3.92. The van der Waals surface area contributed by atoms with E-state index >= 15 is 0 Å². The van der Waals surface area contributed by atoms with Crippen molar-refractivity contribution in [3.05, 3.63) is 57.5 Å². The van der Waals surface area contributed by atoms with Crippen molar-refractivity contribution < 1.29 is 17.9 Å². The number of carbonyl (C=O) groups excluding carboxylic acids is 1. The first-order valence-corrected chi connectivity index (χ1v) is 10.5. The minimum atomic E-state index is -3.92. The Morgan fingerprint density at radius 2 is 1.48 bits per heavy atom. The third-order valence-corrected chi connectivity index (χ3v) is 6.00. The van der Waals surface area contributed by atoms with E-state index in [1.165, 1.54) is 12.1 Å². The van der Waals surface area contributed by atoms with Crippen LogP contribution in [0.1, 0.15) is 13.8 Å². The summed E-state index contributed by atoms with van der Waals surface area (Å²) in [4.78, 5) is 12.2. The van der Waals surface area contributed by atoms with Gasteiger partial charge < -0.3 is 4.74 Å². The average Bonchev–Trinajstić information content (AvgIpc) is 2.53. The molecular weight excluding hydrogens is 474 g/mol. The fourth-order valence-electron chi connectivity index (χ4n) is 2.07. The molecule has 25 heavy (non-hydrogen) atoms. The molecule has 8 heteroatoms. The van der Waals surface area contributed by atoms with Crippen LogP contribution < -0.4 is 4.31 Å². The van der Waals surface area contributed by atoms with Crippen molar-refractivity contribution in [2.24, 2.45) is 0 Å². The highest BCUT2D eigenvalue weighted by atomic mass is 79.9. The molecule has 0 saturated carbocycles. The van der Waals surface area contributed by atoms with Crippen LogP contribution in [0.15, 0.2) is 62.4 Å². The number of anilines is 1. The Balaban J connectivity index is 2.44. The van der Waals surface area contributed by atoms with Crippen molar-refractivity contribution >= 4 is 53.5 Å². The first-order chi connectivity index (χ1) is 11.7. The van der Waals surface area contributed by atoms with Gasteiger partial charge >= 0.3 is 5.97 Å². The molecule has 0 fully saturated rings. The lowest BCUT2D eigenvalue weighted by atomic mass is 10.3. The summed E-state index contributed by atoms with van der Waals surface area (Å²) in [6, 6.07) is 12.9. The molecule has 0 unspecified atom stereocenters. The zero-order valence-electron chi connectivity index (χ0n) is 13.6. The Bertz CT molecular complexity index is 834. The van der Waals surface area contributed by atoms with E-state index in [1.54, 1.807) is 50.2 Å². The van der Waals surface area contributed by atoms with Crippen LogP contribution in [0, 0.1) is 0 Å². The molecular formula is C17H17Br2NO4S. The van der Waals surface area contributed by atoms with Crippen LogP contribution >= 0.6 is 31.9 Å². The normalized spacial score (nSPS) is 11.4. The van der Waals surface area contributed by atoms with Crippen molar-refractivity contribution in [3.63, 3.8) is 0 Å². The van der Waals surface area contributed by atoms with Crippen LogP contribution in [0.3, 0.4) is 0 Å². The van der Waals surface area contributed by atoms with E-state index in [-0.39, 0.29) is 11.0 Å². The largest absolute Gasteiger partial charge is 0.462 e. The molecule has 2 aromatic rings. The monoisotopic (exact) mass is 489 g/mol. The van der Waals surface area contributed by atoms with E-state index in [9.17, 15) is 13.2 Å². The maximum Gasteiger partial charge on any atom is 0.327 e. The van der Waals surface area contributed by atoms with Gasteiger partial charge in [-0.25, -0.2) is 8.42 Å². The number of carbonyl (C=O) groups is 1. The van der Waals surface area contributed by atoms with E-state index in [2.05, 4.69) is 31.9 Å². The van der Waals surface area contributed by atoms with Gasteiger partial charge in [0.15, 0.2) is 0 Å². The van der Waals surface area contributed by atoms with E-state index in [0.29, 0.717) is 5.69 Å². The van der Waals surface area contributed by atoms with Gasteiger partial charge in [-0.1, -0.05) is 31.9 Å². The average molecular weight is 491 g/mol. The summed E-state index contributed by atoms with van der Waals surface area (Å²) >= 11 is 6.60. The fraction of sp³-hybridized carbons (Fsp3) is 0.235. The second kappa shape index (κ2) is 8.33. The van der Waals surface area contributed by atoms with Crippen molar-refractivity contribution in [3.8, 4) is 0 Å². The summed E-state index contributed by atoms with van der Waals surface area (Å²) in [5.41, 5.74) is 0.381. The number of ether oxygens (including phenoxy) is 1. The number of rotatable bonds is 6. The number of hydrogen-bond acceptors (Lipinski definition) is 4. The van der Waals surface area contributed by atoms with E-state index in [1.807, 2.05) is 0 Å². The Kier molecular flexibility index (Phi) is 6.65. The maximum absolute atomic E-state index is 13.0. The second-order valence-electron chi connectivity index (χ2n) is 5.48. The Morgan fingerprint density at radius 1 is 1.00 bits per heavy atom. The number of esters is 1. The standard InChI is InChI=1S/C17H17Br2NO4S/c1-12(2)24-17(21)11-20(15-7-3-13(18)4-8-15)25(22,23)16-9-5-14(19)6-10-16/h3-10,12H,11H2,1-2H3. The van der Waals surface area contributed by atoms with E-state index in [4.69, 9.17) is 4.74 Å². The van der Waals surface area contributed by atoms with Gasteiger partial charge in [0.1, 0.15) is 6.54 Å². The van der Waals surface area contributed by atoms with Gasteiger partial charge in [0.05, 0.1) is 16.7 Å². The van der Waals surface area contributed by atoms with Crippen LogP contribution in [-0.2, 0) is 19.6 Å². The molecule has 5 nitrogen and oxygen atoms in total. The zero-order chi connectivity index (χ0) is 18.6. The molecule has 0 aromatic heterocycles. The molecule has 0 aliphatic carbocycles. The maximum atomic E-state index is 13.0. The Morgan fingerprint density at radius 3 is 1.96 bits per heavy atom. The molecule has 2 aromatic carbocycles. The van der Waals surface area contributed by atoms with E-state index < -0.39 is 22.5 Å². The number of hydrogen-bond donors (Lipinski definition) is 0. The van der Waals surface area contributed by atoms with Crippen LogP contribution in [0.25, 0.3) is 0 Å². The van der Waals surface area contributed by atoms with Crippen molar-refractivity contribution in [1.29, 1.82) is 0 Å². The SMILES string of the molecule is CC(C)OC(=O)CN(c1ccc(Br)cc1)S(=O)(=O)c1ccc(Br)cc1. The molecule has 0 atom stereocenters. The van der Waals surface area contributed by atoms with Crippen LogP contribution in [-0.4, -0.2) is 27.0 Å². The molecule has 0 N–H and O–H groups in total. The van der Waals surface area contributed by atoms with Crippen LogP contribution in [0.2, 0.25) is 0 Å². The molecule has 0 amide bonds. The van der Waals surface area contributed by atoms with Gasteiger partial charge in [0, 0.05) is 8.95 Å². The minimum absolute atomic E-state index is 0.0935. The summed E-state index contributed by atoms with van der Waals surface area (Å²) in [5, 5.41) is 0. The highest BCUT2D eigenvalue weighted by Crippen LogP contribution is 2.26. The first-order valence-electron chi connectivity index (χ1n) is 7.43. The molecule has 0 spiro atoms. The lowest BCUT2D eigenvalue weighted by Gasteiger charge is -2.24. The molecule has 0 bridgehead atoms. The highest BCUT2D eigenvalue weighted by Gasteiger charge is 2.28. The van der Waals surface area contributed by atoms with Crippen molar-refractivity contribution in [2.45, 2.75) is 24.8 Å². The summed E-state index contributed by atoms with van der Waals surface area (Å²) in [6.07, 6.45) is -0.324. The topological polar surface area (TPSA) is 63.7 Å². The number of benzene rings is 2. The summed E-state index contributed by atoms with van der Waals surface area (Å²) in [5.74, 6) is -0.612. The molecule has 0 aliphatic rings. The zero-order valence-corrected chi connectivity index (χ0v) is 17.6. The van der Waals surface area contributed by atoms with Gasteiger partial charge in [0.25, 0.3) is 10.0 Å². The van der Waals surface area contributed by atoms with E-state index in [0.717, 1.165) is 13.3 Å². The van der Waals surface area contributed by atoms with Crippen LogP contribution in [0.4, 0.5) is 5.69 Å². The summed E-state index contributed by atoms with van der Waals surface area (Å²) in [6.45, 7) is 3.02. The number of sulfonamides is 1. The molecule has 0 radical (unpaired) electrons. The van der Waals surface area contributed by atoms with Gasteiger partial charge in [-0.05, 0) is 62.4 Å². The van der Waals surface area contributed by atoms with Crippen molar-refractivity contribution in [2.75, 3.05) is 10.8 Å². The minimum Gasteiger partial charge on any atom is -0.462 e. The predicted octanol–water partition coefficient (Wildman–Crippen LogP) is 4.36. The van der Waals surface area contributed by atoms with Gasteiger partial charge in [-0.2, -0.15) is 0 Å². The molecule has 0 heterocycles. The predicted molar refractivity (Wildman–Crippen MR) is 104 cm³/mol. The fourth-order valence-corrected chi connectivity index (χ4v) is 4.01. The lowest BCUT2D eigenvalue weighted by molar-refractivity contribution is -0.145. The van der Waals surface area contributed by atoms with Gasteiger partial charge in [-0.15, -0.1) is 0 Å². The second-order valence-corrected chi connectivity index (χ2v) is 9.17. The third-order valence-electron chi connectivity index (χ3n) is 3.16. The Hall–Kier alpha value is -1.38. The highest BCUT2D eigenvalue weighted by molar-refractivity contribution is 9.10. The third kappa shape index (κ3) is 5.29. The van der Waals surface area contributed by atoms with Gasteiger partial charge in [0.2, 0.25) is 0 Å². The molecule has 2 rings (SSSR count). The Labute approximate surface area is 164 Å². The molecule has 0 aliphatic heterocycles. The quantitative estimate of drug-likeness (QED) is 0.564. The van der Waals surface area contributed by atoms with Crippen LogP contribution in [0.5, 0.6) is 0 Å². The first kappa shape index (κ1) is 19.9. The lowest BCUT2D eigenvalue weighted by Crippen LogP contribution is -2.37. The van der Waals surface area contributed by atoms with Crippen molar-refractivity contribution in [1.82, 2.24) is 0 Å². The summed E-state index contributed by atoms with van der Waals surface area (Å²) < 4.78 is 33.8. The number of halogens is 2. The molecule has 0 saturated heterocycles.